The van der Waals surface area contributed by atoms with E-state index in [1.54, 1.807) is 6.08 Å². The zero-order chi connectivity index (χ0) is 63.8. The maximum absolute atomic E-state index is 13.3. The second-order valence-electron chi connectivity index (χ2n) is 23.6. The first-order valence-electron chi connectivity index (χ1n) is 34.4. The van der Waals surface area contributed by atoms with Crippen molar-refractivity contribution in [3.8, 4) is 0 Å². The summed E-state index contributed by atoms with van der Waals surface area (Å²) in [6, 6.07) is -0.950. The third-order valence-electron chi connectivity index (χ3n) is 15.8. The molecule has 9 N–H and O–H groups in total. The predicted octanol–water partition coefficient (Wildman–Crippen LogP) is 13.9. The molecule has 12 unspecified atom stereocenters. The van der Waals surface area contributed by atoms with E-state index in [1.165, 1.54) is 103 Å². The third kappa shape index (κ3) is 40.8. The van der Waals surface area contributed by atoms with Crippen molar-refractivity contribution >= 4 is 5.91 Å². The van der Waals surface area contributed by atoms with Crippen molar-refractivity contribution in [2.45, 2.75) is 306 Å². The Balaban J connectivity index is 1.73. The highest BCUT2D eigenvalue weighted by Gasteiger charge is 2.51. The number of ether oxygens (including phenoxy) is 4. The lowest BCUT2D eigenvalue weighted by Gasteiger charge is -2.46. The largest absolute Gasteiger partial charge is 0.394 e. The summed E-state index contributed by atoms with van der Waals surface area (Å²) < 4.78 is 22.8. The second kappa shape index (κ2) is 57.1. The number of allylic oxidation sites excluding steroid dienone is 21. The number of nitrogens with one attached hydrogen (secondary N) is 1. The van der Waals surface area contributed by atoms with Crippen LogP contribution in [0.1, 0.15) is 232 Å². The average Bonchev–Trinajstić information content (AvgIpc) is 2.07. The van der Waals surface area contributed by atoms with Gasteiger partial charge in [-0.3, -0.25) is 4.79 Å². The Morgan fingerprint density at radius 3 is 1.20 bits per heavy atom. The van der Waals surface area contributed by atoms with Gasteiger partial charge in [0.25, 0.3) is 0 Å². The molecule has 502 valence electrons. The molecule has 2 aliphatic rings. The maximum Gasteiger partial charge on any atom is 0.220 e. The zero-order valence-corrected chi connectivity index (χ0v) is 54.4. The predicted molar refractivity (Wildman–Crippen MR) is 359 cm³/mol. The van der Waals surface area contributed by atoms with Gasteiger partial charge in [0.2, 0.25) is 5.91 Å². The molecule has 0 aliphatic carbocycles. The van der Waals surface area contributed by atoms with Crippen LogP contribution in [-0.2, 0) is 23.7 Å². The van der Waals surface area contributed by atoms with E-state index in [9.17, 15) is 45.6 Å². The number of rotatable bonds is 54. The molecular weight excluding hydrogens is 1110 g/mol. The monoisotopic (exact) mass is 1230 g/mol. The van der Waals surface area contributed by atoms with Crippen LogP contribution in [0, 0.1) is 0 Å². The van der Waals surface area contributed by atoms with E-state index < -0.39 is 86.8 Å². The number of carbonyl (C=O) groups excluding carboxylic acids is 1. The number of unbranched alkanes of at least 4 members (excludes halogenated alkanes) is 21. The van der Waals surface area contributed by atoms with Crippen LogP contribution in [0.2, 0.25) is 0 Å². The van der Waals surface area contributed by atoms with Crippen molar-refractivity contribution in [3.63, 3.8) is 0 Å². The molecular formula is C74H123NO13. The van der Waals surface area contributed by atoms with E-state index in [2.05, 4.69) is 141 Å². The molecule has 0 spiro atoms. The van der Waals surface area contributed by atoms with Gasteiger partial charge >= 0.3 is 0 Å². The Bertz CT molecular complexity index is 1990. The van der Waals surface area contributed by atoms with E-state index in [0.717, 1.165) is 103 Å². The second-order valence-corrected chi connectivity index (χ2v) is 23.6. The Morgan fingerprint density at radius 1 is 0.420 bits per heavy atom. The summed E-state index contributed by atoms with van der Waals surface area (Å²) in [5, 5.41) is 87.4. The summed E-state index contributed by atoms with van der Waals surface area (Å²) in [5.74, 6) is -0.286. The van der Waals surface area contributed by atoms with E-state index in [0.29, 0.717) is 6.42 Å². The van der Waals surface area contributed by atoms with E-state index >= 15 is 0 Å². The number of aliphatic hydroxyl groups is 8. The quantitative estimate of drug-likeness (QED) is 0.0204. The minimum absolute atomic E-state index is 0.217. The lowest BCUT2D eigenvalue weighted by atomic mass is 9.97. The molecule has 0 aromatic rings. The van der Waals surface area contributed by atoms with E-state index in [-0.39, 0.29) is 18.9 Å². The van der Waals surface area contributed by atoms with Crippen molar-refractivity contribution in [2.75, 3.05) is 19.8 Å². The highest BCUT2D eigenvalue weighted by molar-refractivity contribution is 5.76. The Kier molecular flexibility index (Phi) is 52.0. The highest BCUT2D eigenvalue weighted by Crippen LogP contribution is 2.30. The van der Waals surface area contributed by atoms with Crippen LogP contribution in [0.15, 0.2) is 134 Å². The van der Waals surface area contributed by atoms with Crippen LogP contribution in [0.25, 0.3) is 0 Å². The summed E-state index contributed by atoms with van der Waals surface area (Å²) in [7, 11) is 0. The number of amides is 1. The standard InChI is InChI=1S/C74H123NO13/c1-3-5-7-9-11-13-15-17-19-21-23-25-26-27-28-29-30-31-32-33-34-35-36-38-40-42-44-46-48-50-52-54-56-58-66(79)75-62(63(78)57-55-53-51-49-47-45-43-41-39-37-24-22-20-18-16-14-12-10-8-6-4-2)61-85-73-71(84)69(82)72(65(60-77)87-73)88-74-70(83)68(81)67(80)64(59-76)86-74/h5,7,11,13,17,19,23,25,27-28,30-31,33-34,36,38,42,44,48,50,55,57,62-65,67-74,76-78,80-84H,3-4,6,8-10,12,14-16,18,20-22,24,26,29,32,35,37,39-41,43,45-47,49,51-54,56,58-61H2,1-2H3,(H,75,79)/b7-5-,13-11-,19-17-,25-23-,28-27-,31-30-,34-33-,38-36-,44-42-,50-48-,57-55+. The van der Waals surface area contributed by atoms with Crippen molar-refractivity contribution in [1.29, 1.82) is 0 Å². The number of hydrogen-bond donors (Lipinski definition) is 9. The molecule has 14 nitrogen and oxygen atoms in total. The topological polar surface area (TPSA) is 228 Å². The molecule has 0 radical (unpaired) electrons. The molecule has 0 saturated carbocycles. The van der Waals surface area contributed by atoms with Crippen LogP contribution in [0.4, 0.5) is 0 Å². The fraction of sp³-hybridized carbons (Fsp3) is 0.689. The summed E-state index contributed by atoms with van der Waals surface area (Å²) in [4.78, 5) is 13.3. The van der Waals surface area contributed by atoms with Crippen molar-refractivity contribution in [3.05, 3.63) is 134 Å². The molecule has 0 bridgehead atoms. The van der Waals surface area contributed by atoms with Gasteiger partial charge in [0, 0.05) is 6.42 Å². The molecule has 1 amide bonds. The summed E-state index contributed by atoms with van der Waals surface area (Å²) >= 11 is 0. The van der Waals surface area contributed by atoms with Gasteiger partial charge in [-0.15, -0.1) is 0 Å². The first-order valence-corrected chi connectivity index (χ1v) is 34.4. The van der Waals surface area contributed by atoms with Crippen molar-refractivity contribution < 1.29 is 64.6 Å². The summed E-state index contributed by atoms with van der Waals surface area (Å²) in [6.07, 6.45) is 67.8. The lowest BCUT2D eigenvalue weighted by molar-refractivity contribution is -0.359. The van der Waals surface area contributed by atoms with Crippen LogP contribution < -0.4 is 5.32 Å². The average molecular weight is 1230 g/mol. The Morgan fingerprint density at radius 2 is 0.784 bits per heavy atom. The van der Waals surface area contributed by atoms with Crippen LogP contribution >= 0.6 is 0 Å². The molecule has 2 heterocycles. The molecule has 2 fully saturated rings. The normalized spacial score (nSPS) is 24.0. The van der Waals surface area contributed by atoms with Gasteiger partial charge in [-0.05, 0) is 96.3 Å². The van der Waals surface area contributed by atoms with Gasteiger partial charge in [0.1, 0.15) is 48.8 Å². The molecule has 2 aliphatic heterocycles. The molecule has 0 aromatic heterocycles. The maximum atomic E-state index is 13.3. The van der Waals surface area contributed by atoms with Crippen LogP contribution in [0.3, 0.4) is 0 Å². The van der Waals surface area contributed by atoms with Gasteiger partial charge in [0.15, 0.2) is 12.6 Å². The van der Waals surface area contributed by atoms with Crippen molar-refractivity contribution in [2.24, 2.45) is 0 Å². The van der Waals surface area contributed by atoms with Crippen LogP contribution in [-0.4, -0.2) is 140 Å². The fourth-order valence-corrected chi connectivity index (χ4v) is 10.4. The highest BCUT2D eigenvalue weighted by atomic mass is 16.7. The lowest BCUT2D eigenvalue weighted by Crippen LogP contribution is -2.65. The molecule has 12 atom stereocenters. The van der Waals surface area contributed by atoms with Crippen molar-refractivity contribution in [1.82, 2.24) is 5.32 Å². The summed E-state index contributed by atoms with van der Waals surface area (Å²) in [6.45, 7) is 2.66. The first-order chi connectivity index (χ1) is 43.1. The van der Waals surface area contributed by atoms with Gasteiger partial charge in [-0.2, -0.15) is 0 Å². The number of carbonyl (C=O) groups is 1. The SMILES string of the molecule is CC/C=C\C/C=C\C/C=C\C/C=C\C/C=C\C/C=C\C/C=C\C/C=C\C/C=C\C/C=C\CCCCC(=O)NC(COC1OC(CO)C(OC2OC(CO)C(O)C(O)C2O)C(O)C1O)C(O)/C=C/CCCCCCCCCCCCCCCCCCCCC. The Labute approximate surface area is 532 Å². The fourth-order valence-electron chi connectivity index (χ4n) is 10.4. The van der Waals surface area contributed by atoms with Gasteiger partial charge in [0.05, 0.1) is 32.0 Å². The molecule has 2 saturated heterocycles. The molecule has 88 heavy (non-hydrogen) atoms. The number of hydrogen-bond acceptors (Lipinski definition) is 13. The molecule has 2 rings (SSSR count). The van der Waals surface area contributed by atoms with E-state index in [4.69, 9.17) is 18.9 Å². The van der Waals surface area contributed by atoms with E-state index in [1.807, 2.05) is 6.08 Å². The summed E-state index contributed by atoms with van der Waals surface area (Å²) in [5.41, 5.74) is 0. The molecule has 14 heteroatoms. The minimum Gasteiger partial charge on any atom is -0.394 e. The first kappa shape index (κ1) is 80.2. The molecule has 0 aromatic carbocycles. The van der Waals surface area contributed by atoms with Crippen LogP contribution in [0.5, 0.6) is 0 Å². The third-order valence-corrected chi connectivity index (χ3v) is 15.8. The van der Waals surface area contributed by atoms with Gasteiger partial charge < -0.3 is 65.1 Å². The Hall–Kier alpha value is -3.87. The zero-order valence-electron chi connectivity index (χ0n) is 54.4. The van der Waals surface area contributed by atoms with Gasteiger partial charge in [-0.25, -0.2) is 0 Å². The smallest absolute Gasteiger partial charge is 0.220 e. The minimum atomic E-state index is -1.80. The number of aliphatic hydroxyl groups excluding tert-OH is 8. The van der Waals surface area contributed by atoms with Gasteiger partial charge in [-0.1, -0.05) is 263 Å².